The molecule has 0 unspecified atom stereocenters. The van der Waals surface area contributed by atoms with Crippen LogP contribution in [0, 0.1) is 11.8 Å². The quantitative estimate of drug-likeness (QED) is 0.855. The van der Waals surface area contributed by atoms with Crippen molar-refractivity contribution in [2.45, 2.75) is 31.4 Å². The molecular weight excluding hydrogens is 326 g/mol. The van der Waals surface area contributed by atoms with Gasteiger partial charge in [0.2, 0.25) is 5.88 Å². The third-order valence-electron chi connectivity index (χ3n) is 3.77. The van der Waals surface area contributed by atoms with Gasteiger partial charge in [-0.05, 0) is 34.3 Å². The molecular formula is C14H18BrNO2S. The molecule has 1 aromatic rings. The molecule has 1 aromatic heterocycles. The van der Waals surface area contributed by atoms with E-state index in [4.69, 9.17) is 4.74 Å². The molecule has 2 rings (SSSR count). The molecule has 3 atom stereocenters. The summed E-state index contributed by atoms with van der Waals surface area (Å²) in [5, 5.41) is 0.112. The molecule has 0 aromatic carbocycles. The van der Waals surface area contributed by atoms with Crippen LogP contribution in [0.4, 0.5) is 0 Å². The molecule has 0 N–H and O–H groups in total. The maximum Gasteiger partial charge on any atom is 0.213 e. The van der Waals surface area contributed by atoms with Crippen molar-refractivity contribution < 1.29 is 9.53 Å². The molecule has 1 fully saturated rings. The van der Waals surface area contributed by atoms with Crippen molar-refractivity contribution >= 4 is 34.3 Å². The van der Waals surface area contributed by atoms with Gasteiger partial charge in [0.25, 0.3) is 0 Å². The first-order valence-electron chi connectivity index (χ1n) is 6.43. The molecule has 1 aliphatic carbocycles. The monoisotopic (exact) mass is 343 g/mol. The second kappa shape index (κ2) is 6.27. The van der Waals surface area contributed by atoms with E-state index in [9.17, 15) is 4.79 Å². The molecule has 0 amide bonds. The number of carbonyl (C=O) groups excluding carboxylic acids is 1. The number of carbonyl (C=O) groups is 1. The summed E-state index contributed by atoms with van der Waals surface area (Å²) < 4.78 is 6.05. The maximum absolute atomic E-state index is 12.1. The van der Waals surface area contributed by atoms with E-state index in [1.54, 1.807) is 13.2 Å². The standard InChI is InChI=1S/C14H18BrNO2S/c1-8-3-5-12(17)9(14(8)19)7-11-10(15)4-6-13(16-11)18-2/h4,6,8-9,14,19H,3,5,7H2,1-2H3/t8-,9+,14+/m1/s1. The zero-order valence-electron chi connectivity index (χ0n) is 11.1. The highest BCUT2D eigenvalue weighted by atomic mass is 79.9. The first-order chi connectivity index (χ1) is 9.02. The maximum atomic E-state index is 12.1. The van der Waals surface area contributed by atoms with Crippen molar-refractivity contribution in [1.82, 2.24) is 4.98 Å². The third kappa shape index (κ3) is 3.31. The van der Waals surface area contributed by atoms with Crippen molar-refractivity contribution in [3.05, 3.63) is 22.3 Å². The van der Waals surface area contributed by atoms with Crippen LogP contribution in [0.2, 0.25) is 0 Å². The number of thiol groups is 1. The summed E-state index contributed by atoms with van der Waals surface area (Å²) in [7, 11) is 1.59. The van der Waals surface area contributed by atoms with Crippen molar-refractivity contribution in [3.8, 4) is 5.88 Å². The molecule has 3 nitrogen and oxygen atoms in total. The van der Waals surface area contributed by atoms with Crippen LogP contribution in [-0.4, -0.2) is 23.1 Å². The van der Waals surface area contributed by atoms with Gasteiger partial charge >= 0.3 is 0 Å². The minimum atomic E-state index is -0.0528. The van der Waals surface area contributed by atoms with Gasteiger partial charge in [-0.15, -0.1) is 0 Å². The Kier molecular flexibility index (Phi) is 4.90. The number of Topliss-reactive ketones (excluding diaryl/α,β-unsaturated/α-hetero) is 1. The predicted molar refractivity (Wildman–Crippen MR) is 81.9 cm³/mol. The van der Waals surface area contributed by atoms with Gasteiger partial charge in [-0.25, -0.2) is 4.98 Å². The van der Waals surface area contributed by atoms with Crippen LogP contribution in [0.3, 0.4) is 0 Å². The number of hydrogen-bond donors (Lipinski definition) is 1. The fourth-order valence-electron chi connectivity index (χ4n) is 2.48. The summed E-state index contributed by atoms with van der Waals surface area (Å²) in [6, 6.07) is 3.71. The second-order valence-electron chi connectivity index (χ2n) is 5.07. The third-order valence-corrected chi connectivity index (χ3v) is 5.36. The van der Waals surface area contributed by atoms with Crippen molar-refractivity contribution in [2.75, 3.05) is 7.11 Å². The number of pyridine rings is 1. The number of nitrogens with zero attached hydrogens (tertiary/aromatic N) is 1. The van der Waals surface area contributed by atoms with Gasteiger partial charge in [-0.1, -0.05) is 6.92 Å². The van der Waals surface area contributed by atoms with Gasteiger partial charge in [0.1, 0.15) is 5.78 Å². The SMILES string of the molecule is COc1ccc(Br)c(C[C@H]2C(=O)CC[C@@H](C)[C@@H]2S)n1. The molecule has 1 aliphatic rings. The first-order valence-corrected chi connectivity index (χ1v) is 7.74. The van der Waals surface area contributed by atoms with E-state index in [1.165, 1.54) is 0 Å². The van der Waals surface area contributed by atoms with Gasteiger partial charge < -0.3 is 4.74 Å². The molecule has 0 radical (unpaired) electrons. The zero-order chi connectivity index (χ0) is 14.0. The van der Waals surface area contributed by atoms with Crippen molar-refractivity contribution in [2.24, 2.45) is 11.8 Å². The lowest BCUT2D eigenvalue weighted by molar-refractivity contribution is -0.125. The van der Waals surface area contributed by atoms with Crippen molar-refractivity contribution in [1.29, 1.82) is 0 Å². The van der Waals surface area contributed by atoms with Crippen LogP contribution in [0.25, 0.3) is 0 Å². The van der Waals surface area contributed by atoms with Crippen LogP contribution in [0.1, 0.15) is 25.5 Å². The second-order valence-corrected chi connectivity index (χ2v) is 6.52. The fourth-order valence-corrected chi connectivity index (χ4v) is 3.28. The Morgan fingerprint density at radius 1 is 1.53 bits per heavy atom. The van der Waals surface area contributed by atoms with Gasteiger partial charge in [0, 0.05) is 34.5 Å². The van der Waals surface area contributed by atoms with E-state index >= 15 is 0 Å². The molecule has 5 heteroatoms. The van der Waals surface area contributed by atoms with Crippen LogP contribution >= 0.6 is 28.6 Å². The lowest BCUT2D eigenvalue weighted by atomic mass is 9.78. The lowest BCUT2D eigenvalue weighted by Gasteiger charge is -2.32. The smallest absolute Gasteiger partial charge is 0.213 e. The van der Waals surface area contributed by atoms with Gasteiger partial charge in [0.15, 0.2) is 0 Å². The predicted octanol–water partition coefficient (Wildman–Crippen LogP) is 3.31. The largest absolute Gasteiger partial charge is 0.481 e. The van der Waals surface area contributed by atoms with Crippen LogP contribution < -0.4 is 4.74 Å². The Balaban J connectivity index is 2.21. The summed E-state index contributed by atoms with van der Waals surface area (Å²) in [5.74, 6) is 1.29. The van der Waals surface area contributed by atoms with E-state index in [2.05, 4.69) is 40.5 Å². The highest BCUT2D eigenvalue weighted by molar-refractivity contribution is 9.10. The normalized spacial score (nSPS) is 27.4. The summed E-state index contributed by atoms with van der Waals surface area (Å²) >= 11 is 8.12. The van der Waals surface area contributed by atoms with Gasteiger partial charge in [0.05, 0.1) is 12.8 Å². The van der Waals surface area contributed by atoms with E-state index < -0.39 is 0 Å². The fraction of sp³-hybridized carbons (Fsp3) is 0.571. The molecule has 1 saturated carbocycles. The minimum Gasteiger partial charge on any atom is -0.481 e. The highest BCUT2D eigenvalue weighted by Crippen LogP contribution is 2.34. The Bertz CT molecular complexity index is 481. The minimum absolute atomic E-state index is 0.0528. The number of ketones is 1. The summed E-state index contributed by atoms with van der Waals surface area (Å²) in [5.41, 5.74) is 0.867. The van der Waals surface area contributed by atoms with Crippen LogP contribution in [0.5, 0.6) is 5.88 Å². The number of aromatic nitrogens is 1. The molecule has 0 spiro atoms. The lowest BCUT2D eigenvalue weighted by Crippen LogP contribution is -2.36. The van der Waals surface area contributed by atoms with E-state index in [0.29, 0.717) is 30.4 Å². The van der Waals surface area contributed by atoms with Gasteiger partial charge in [-0.2, -0.15) is 12.6 Å². The molecule has 0 aliphatic heterocycles. The summed E-state index contributed by atoms with van der Waals surface area (Å²) in [6.45, 7) is 2.16. The number of hydrogen-bond acceptors (Lipinski definition) is 4. The Hall–Kier alpha value is -0.550. The number of ether oxygens (including phenoxy) is 1. The van der Waals surface area contributed by atoms with Crippen LogP contribution in [0.15, 0.2) is 16.6 Å². The number of methoxy groups -OCH3 is 1. The molecule has 104 valence electrons. The summed E-state index contributed by atoms with van der Waals surface area (Å²) in [6.07, 6.45) is 2.22. The first kappa shape index (κ1) is 14.9. The Labute approximate surface area is 127 Å². The summed E-state index contributed by atoms with van der Waals surface area (Å²) in [4.78, 5) is 16.5. The van der Waals surface area contributed by atoms with E-state index in [1.807, 2.05) is 6.07 Å². The van der Waals surface area contributed by atoms with Crippen molar-refractivity contribution in [3.63, 3.8) is 0 Å². The molecule has 0 saturated heterocycles. The topological polar surface area (TPSA) is 39.2 Å². The van der Waals surface area contributed by atoms with Crippen LogP contribution in [-0.2, 0) is 11.2 Å². The average Bonchev–Trinajstić information content (AvgIpc) is 2.41. The van der Waals surface area contributed by atoms with E-state index in [0.717, 1.165) is 16.6 Å². The van der Waals surface area contributed by atoms with E-state index in [-0.39, 0.29) is 11.2 Å². The highest BCUT2D eigenvalue weighted by Gasteiger charge is 2.34. The number of rotatable bonds is 3. The van der Waals surface area contributed by atoms with Gasteiger partial charge in [-0.3, -0.25) is 4.79 Å². The average molecular weight is 344 g/mol. The zero-order valence-corrected chi connectivity index (χ0v) is 13.6. The number of halogens is 1. The Morgan fingerprint density at radius 3 is 2.95 bits per heavy atom. The molecule has 1 heterocycles. The molecule has 19 heavy (non-hydrogen) atoms. The Morgan fingerprint density at radius 2 is 2.26 bits per heavy atom. The molecule has 0 bridgehead atoms.